The normalized spacial score (nSPS) is 17.1. The lowest BCUT2D eigenvalue weighted by Crippen LogP contribution is -2.39. The van der Waals surface area contributed by atoms with E-state index in [0.29, 0.717) is 24.8 Å². The summed E-state index contributed by atoms with van der Waals surface area (Å²) in [6.45, 7) is 2.02. The molecule has 27 heavy (non-hydrogen) atoms. The monoisotopic (exact) mass is 366 g/mol. The van der Waals surface area contributed by atoms with Gasteiger partial charge in [-0.05, 0) is 31.0 Å². The van der Waals surface area contributed by atoms with Crippen LogP contribution in [0.3, 0.4) is 0 Å². The van der Waals surface area contributed by atoms with Gasteiger partial charge in [0.25, 0.3) is 11.9 Å². The Kier molecular flexibility index (Phi) is 4.91. The van der Waals surface area contributed by atoms with Gasteiger partial charge >= 0.3 is 0 Å². The summed E-state index contributed by atoms with van der Waals surface area (Å²) < 4.78 is 12.6. The smallest absolute Gasteiger partial charge is 0.289 e. The Hall–Kier alpha value is -3.09. The van der Waals surface area contributed by atoms with Crippen molar-refractivity contribution in [3.05, 3.63) is 66.2 Å². The first-order valence-corrected chi connectivity index (χ1v) is 9.08. The molecule has 1 atom stereocenters. The number of amides is 1. The highest BCUT2D eigenvalue weighted by molar-refractivity contribution is 5.91. The van der Waals surface area contributed by atoms with Crippen LogP contribution in [0.15, 0.2) is 53.3 Å². The molecule has 0 saturated carbocycles. The van der Waals surface area contributed by atoms with Crippen LogP contribution in [0.4, 0.5) is 0 Å². The number of nitrogens with zero attached hydrogens (tertiary/aromatic N) is 4. The molecule has 0 radical (unpaired) electrons. The van der Waals surface area contributed by atoms with Crippen LogP contribution < -0.4 is 4.74 Å². The van der Waals surface area contributed by atoms with Gasteiger partial charge in [0.15, 0.2) is 5.76 Å². The van der Waals surface area contributed by atoms with E-state index in [1.165, 1.54) is 7.11 Å². The van der Waals surface area contributed by atoms with E-state index in [-0.39, 0.29) is 11.8 Å². The predicted octanol–water partition coefficient (Wildman–Crippen LogP) is 2.95. The van der Waals surface area contributed by atoms with Gasteiger partial charge < -0.3 is 18.6 Å². The summed E-state index contributed by atoms with van der Waals surface area (Å²) in [6.07, 6.45) is 7.53. The zero-order valence-corrected chi connectivity index (χ0v) is 15.2. The number of carbonyl (C=O) groups excluding carboxylic acids is 1. The molecule has 3 aromatic heterocycles. The second kappa shape index (κ2) is 7.65. The molecule has 140 valence electrons. The molecule has 1 amide bonds. The van der Waals surface area contributed by atoms with Gasteiger partial charge in [0.2, 0.25) is 0 Å². The van der Waals surface area contributed by atoms with Crippen molar-refractivity contribution in [3.8, 4) is 5.95 Å². The fourth-order valence-corrected chi connectivity index (χ4v) is 3.55. The minimum Gasteiger partial charge on any atom is -0.468 e. The Bertz CT molecular complexity index is 903. The predicted molar refractivity (Wildman–Crippen MR) is 98.7 cm³/mol. The largest absolute Gasteiger partial charge is 0.468 e. The van der Waals surface area contributed by atoms with Gasteiger partial charge in [-0.1, -0.05) is 6.07 Å². The summed E-state index contributed by atoms with van der Waals surface area (Å²) in [5.74, 6) is 1.74. The number of likely N-dealkylation sites (tertiary alicyclic amines) is 1. The van der Waals surface area contributed by atoms with Crippen molar-refractivity contribution in [1.82, 2.24) is 19.4 Å². The summed E-state index contributed by atoms with van der Waals surface area (Å²) >= 11 is 0. The van der Waals surface area contributed by atoms with Gasteiger partial charge in [-0.15, -0.1) is 0 Å². The van der Waals surface area contributed by atoms with E-state index in [4.69, 9.17) is 9.15 Å². The van der Waals surface area contributed by atoms with Gasteiger partial charge in [-0.2, -0.15) is 0 Å². The maximum Gasteiger partial charge on any atom is 0.289 e. The topological polar surface area (TPSA) is 73.4 Å². The third kappa shape index (κ3) is 3.72. The summed E-state index contributed by atoms with van der Waals surface area (Å²) in [5.41, 5.74) is 0.989. The van der Waals surface area contributed by atoms with Crippen LogP contribution in [0.2, 0.25) is 0 Å². The van der Waals surface area contributed by atoms with E-state index in [9.17, 15) is 4.79 Å². The third-order valence-corrected chi connectivity index (χ3v) is 4.87. The molecule has 0 spiro atoms. The first kappa shape index (κ1) is 17.3. The summed E-state index contributed by atoms with van der Waals surface area (Å²) in [7, 11) is 1.52. The van der Waals surface area contributed by atoms with E-state index in [2.05, 4.69) is 14.5 Å². The number of hydrogen-bond donors (Lipinski definition) is 0. The van der Waals surface area contributed by atoms with Crippen molar-refractivity contribution in [3.63, 3.8) is 0 Å². The van der Waals surface area contributed by atoms with Crippen molar-refractivity contribution < 1.29 is 13.9 Å². The number of methoxy groups -OCH3 is 1. The number of furan rings is 1. The number of aromatic nitrogens is 3. The Morgan fingerprint density at radius 1 is 1.26 bits per heavy atom. The molecule has 1 saturated heterocycles. The average Bonchev–Trinajstić information content (AvgIpc) is 3.38. The van der Waals surface area contributed by atoms with Crippen LogP contribution in [0.1, 0.15) is 40.8 Å². The molecule has 4 rings (SSSR count). The lowest BCUT2D eigenvalue weighted by molar-refractivity contribution is 0.0665. The van der Waals surface area contributed by atoms with Crippen LogP contribution in [0, 0.1) is 0 Å². The molecular formula is C20H22N4O3. The standard InChI is InChI=1S/C20H22N4O3/c1-26-18-8-7-17(27-18)20(25)24-11-4-5-15(13-24)19-22-10-12-23(19)14-16-6-2-3-9-21-16/h2-3,6-10,12,15H,4-5,11,13-14H2,1H3. The first-order chi connectivity index (χ1) is 13.2. The van der Waals surface area contributed by atoms with Gasteiger partial charge in [0, 0.05) is 43.7 Å². The molecule has 0 bridgehead atoms. The molecule has 1 fully saturated rings. The number of imidazole rings is 1. The second-order valence-electron chi connectivity index (χ2n) is 6.65. The van der Waals surface area contributed by atoms with Crippen molar-refractivity contribution in [2.45, 2.75) is 25.3 Å². The van der Waals surface area contributed by atoms with Crippen LogP contribution in [-0.2, 0) is 6.54 Å². The number of hydrogen-bond acceptors (Lipinski definition) is 5. The van der Waals surface area contributed by atoms with Crippen LogP contribution in [-0.4, -0.2) is 45.5 Å². The highest BCUT2D eigenvalue weighted by atomic mass is 16.6. The molecule has 1 aliphatic heterocycles. The molecule has 1 unspecified atom stereocenters. The number of piperidine rings is 1. The number of rotatable bonds is 5. The number of carbonyl (C=O) groups is 1. The van der Waals surface area contributed by atoms with E-state index in [0.717, 1.165) is 30.9 Å². The SMILES string of the molecule is COc1ccc(C(=O)N2CCCC(c3nccn3Cc3ccccn3)C2)o1. The Labute approximate surface area is 157 Å². The van der Waals surface area contributed by atoms with E-state index in [1.54, 1.807) is 18.3 Å². The molecule has 0 N–H and O–H groups in total. The number of pyridine rings is 1. The quantitative estimate of drug-likeness (QED) is 0.694. The van der Waals surface area contributed by atoms with Gasteiger partial charge in [-0.25, -0.2) is 4.98 Å². The average molecular weight is 366 g/mol. The van der Waals surface area contributed by atoms with Gasteiger partial charge in [0.05, 0.1) is 19.3 Å². The molecule has 7 heteroatoms. The van der Waals surface area contributed by atoms with Crippen LogP contribution in [0.25, 0.3) is 0 Å². The summed E-state index contributed by atoms with van der Waals surface area (Å²) in [5, 5.41) is 0. The Balaban J connectivity index is 1.49. The van der Waals surface area contributed by atoms with Crippen LogP contribution >= 0.6 is 0 Å². The van der Waals surface area contributed by atoms with Crippen molar-refractivity contribution in [2.75, 3.05) is 20.2 Å². The van der Waals surface area contributed by atoms with E-state index >= 15 is 0 Å². The van der Waals surface area contributed by atoms with E-state index in [1.807, 2.05) is 35.5 Å². The maximum absolute atomic E-state index is 12.8. The Morgan fingerprint density at radius 2 is 2.19 bits per heavy atom. The lowest BCUT2D eigenvalue weighted by Gasteiger charge is -2.32. The summed E-state index contributed by atoms with van der Waals surface area (Å²) in [4.78, 5) is 23.6. The van der Waals surface area contributed by atoms with Crippen molar-refractivity contribution in [1.29, 1.82) is 0 Å². The second-order valence-corrected chi connectivity index (χ2v) is 6.65. The van der Waals surface area contributed by atoms with Crippen LogP contribution in [0.5, 0.6) is 5.95 Å². The molecular weight excluding hydrogens is 344 g/mol. The Morgan fingerprint density at radius 3 is 2.96 bits per heavy atom. The van der Waals surface area contributed by atoms with Gasteiger partial charge in [0.1, 0.15) is 5.82 Å². The van der Waals surface area contributed by atoms with Crippen molar-refractivity contribution >= 4 is 5.91 Å². The summed E-state index contributed by atoms with van der Waals surface area (Å²) in [6, 6.07) is 9.22. The zero-order valence-electron chi connectivity index (χ0n) is 15.2. The van der Waals surface area contributed by atoms with Crippen molar-refractivity contribution in [2.24, 2.45) is 0 Å². The lowest BCUT2D eigenvalue weighted by atomic mass is 9.97. The highest BCUT2D eigenvalue weighted by Gasteiger charge is 2.29. The number of ether oxygens (including phenoxy) is 1. The van der Waals surface area contributed by atoms with Gasteiger partial charge in [-0.3, -0.25) is 9.78 Å². The minimum absolute atomic E-state index is 0.106. The highest BCUT2D eigenvalue weighted by Crippen LogP contribution is 2.28. The third-order valence-electron chi connectivity index (χ3n) is 4.87. The molecule has 4 heterocycles. The maximum atomic E-state index is 12.8. The van der Waals surface area contributed by atoms with E-state index < -0.39 is 0 Å². The fourth-order valence-electron chi connectivity index (χ4n) is 3.55. The molecule has 0 aromatic carbocycles. The molecule has 1 aliphatic rings. The fraction of sp³-hybridized carbons (Fsp3) is 0.350. The first-order valence-electron chi connectivity index (χ1n) is 9.08. The minimum atomic E-state index is -0.106. The molecule has 7 nitrogen and oxygen atoms in total. The molecule has 3 aromatic rings. The zero-order chi connectivity index (χ0) is 18.6. The molecule has 0 aliphatic carbocycles.